The minimum atomic E-state index is -0.708. The number of rotatable bonds is 13. The summed E-state index contributed by atoms with van der Waals surface area (Å²) in [6.45, 7) is 4.13. The van der Waals surface area contributed by atoms with Gasteiger partial charge in [0.2, 0.25) is 0 Å². The fourth-order valence-electron chi connectivity index (χ4n) is 4.90. The summed E-state index contributed by atoms with van der Waals surface area (Å²) in [6, 6.07) is 15.7. The monoisotopic (exact) mass is 547 g/mol. The number of halogens is 2. The van der Waals surface area contributed by atoms with Crippen molar-refractivity contribution in [3.05, 3.63) is 95.4 Å². The van der Waals surface area contributed by atoms with Crippen molar-refractivity contribution in [1.82, 2.24) is 14.7 Å². The van der Waals surface area contributed by atoms with Crippen molar-refractivity contribution in [3.8, 4) is 11.1 Å². The molecular formula is C32H35F2N3O3. The average molecular weight is 548 g/mol. The zero-order chi connectivity index (χ0) is 28.5. The maximum atomic E-state index is 13.9. The van der Waals surface area contributed by atoms with Gasteiger partial charge in [0, 0.05) is 30.9 Å². The number of hydrogen-bond donors (Lipinski definition) is 1. The van der Waals surface area contributed by atoms with E-state index >= 15 is 0 Å². The smallest absolute Gasteiger partial charge is 0.306 e. The van der Waals surface area contributed by atoms with Gasteiger partial charge in [-0.3, -0.25) is 9.59 Å². The molecule has 4 rings (SSSR count). The zero-order valence-corrected chi connectivity index (χ0v) is 23.0. The van der Waals surface area contributed by atoms with Crippen LogP contribution in [0.5, 0.6) is 0 Å². The normalized spacial score (nSPS) is 11.9. The Morgan fingerprint density at radius 2 is 1.68 bits per heavy atom. The fourth-order valence-corrected chi connectivity index (χ4v) is 4.90. The molecule has 0 aliphatic rings. The van der Waals surface area contributed by atoms with Crippen LogP contribution in [-0.4, -0.2) is 27.9 Å². The van der Waals surface area contributed by atoms with Crippen LogP contribution in [0.25, 0.3) is 16.8 Å². The first kappa shape index (κ1) is 28.9. The van der Waals surface area contributed by atoms with E-state index in [1.54, 1.807) is 10.6 Å². The Labute approximate surface area is 233 Å². The number of hydrogen-bond acceptors (Lipinski definition) is 4. The Hall–Kier alpha value is -4.07. The van der Waals surface area contributed by atoms with Crippen molar-refractivity contribution in [2.75, 3.05) is 6.61 Å². The topological polar surface area (TPSA) is 72.7 Å². The molecule has 0 aliphatic heterocycles. The first-order chi connectivity index (χ1) is 19.4. The van der Waals surface area contributed by atoms with Gasteiger partial charge in [-0.2, -0.15) is 0 Å². The van der Waals surface area contributed by atoms with Crippen molar-refractivity contribution in [3.63, 3.8) is 0 Å². The number of benzene rings is 2. The van der Waals surface area contributed by atoms with E-state index in [4.69, 9.17) is 4.74 Å². The number of nitrogens with one attached hydrogen (secondary N) is 1. The molecule has 1 N–H and O–H groups in total. The molecule has 6 nitrogen and oxygen atoms in total. The van der Waals surface area contributed by atoms with Gasteiger partial charge in [0.1, 0.15) is 23.0 Å². The van der Waals surface area contributed by atoms with Gasteiger partial charge in [0.15, 0.2) is 0 Å². The highest BCUT2D eigenvalue weighted by Gasteiger charge is 2.15. The molecule has 1 unspecified atom stereocenters. The molecule has 1 atom stereocenters. The molecule has 210 valence electrons. The third-order valence-electron chi connectivity index (χ3n) is 6.99. The molecular weight excluding hydrogens is 512 g/mol. The lowest BCUT2D eigenvalue weighted by molar-refractivity contribution is -0.144. The molecule has 4 aromatic rings. The van der Waals surface area contributed by atoms with E-state index in [1.165, 1.54) is 11.6 Å². The second-order valence-electron chi connectivity index (χ2n) is 9.95. The predicted molar refractivity (Wildman–Crippen MR) is 151 cm³/mol. The number of carbonyl (C=O) groups excluding carboxylic acids is 2. The van der Waals surface area contributed by atoms with Crippen molar-refractivity contribution >= 4 is 17.5 Å². The number of ether oxygens (including phenoxy) is 1. The third-order valence-corrected chi connectivity index (χ3v) is 6.99. The molecule has 0 fully saturated rings. The van der Waals surface area contributed by atoms with Gasteiger partial charge in [-0.15, -0.1) is 0 Å². The summed E-state index contributed by atoms with van der Waals surface area (Å²) in [4.78, 5) is 28.8. The van der Waals surface area contributed by atoms with Gasteiger partial charge in [-0.1, -0.05) is 50.1 Å². The molecule has 0 spiro atoms. The quantitative estimate of drug-likeness (QED) is 0.185. The predicted octanol–water partition coefficient (Wildman–Crippen LogP) is 6.90. The molecule has 0 saturated carbocycles. The molecule has 2 aromatic heterocycles. The number of amides is 1. The lowest BCUT2D eigenvalue weighted by atomic mass is 9.92. The Morgan fingerprint density at radius 1 is 0.950 bits per heavy atom. The van der Waals surface area contributed by atoms with E-state index in [1.807, 2.05) is 25.3 Å². The van der Waals surface area contributed by atoms with Gasteiger partial charge >= 0.3 is 5.97 Å². The second kappa shape index (κ2) is 13.8. The fraction of sp³-hybridized carbons (Fsp3) is 0.344. The number of esters is 1. The number of nitrogens with zero attached hydrogens (tertiary/aromatic N) is 2. The molecule has 0 aliphatic carbocycles. The first-order valence-electron chi connectivity index (χ1n) is 13.8. The summed E-state index contributed by atoms with van der Waals surface area (Å²) in [7, 11) is 0. The molecule has 2 heterocycles. The number of pyridine rings is 1. The van der Waals surface area contributed by atoms with Gasteiger partial charge in [0.05, 0.1) is 6.61 Å². The highest BCUT2D eigenvalue weighted by atomic mass is 19.1. The molecule has 0 saturated heterocycles. The minimum absolute atomic E-state index is 0.106. The van der Waals surface area contributed by atoms with Gasteiger partial charge < -0.3 is 14.5 Å². The number of imidazole rings is 1. The Bertz CT molecular complexity index is 1430. The maximum absolute atomic E-state index is 13.9. The van der Waals surface area contributed by atoms with Crippen molar-refractivity contribution in [2.45, 2.75) is 58.9 Å². The minimum Gasteiger partial charge on any atom is -0.466 e. The SMILES string of the molecule is CCCC(CCCc1ccc(-c2ccc3nc(C(=O)NCc4c(F)cccc4F)cn3c2)cc1)CC(=O)OCC. The number of aromatic nitrogens is 2. The molecule has 40 heavy (non-hydrogen) atoms. The van der Waals surface area contributed by atoms with Gasteiger partial charge in [0.25, 0.3) is 5.91 Å². The van der Waals surface area contributed by atoms with Crippen molar-refractivity contribution < 1.29 is 23.1 Å². The van der Waals surface area contributed by atoms with E-state index in [9.17, 15) is 18.4 Å². The van der Waals surface area contributed by atoms with Crippen LogP contribution in [0.3, 0.4) is 0 Å². The summed E-state index contributed by atoms with van der Waals surface area (Å²) in [5.41, 5.74) is 3.80. The third kappa shape index (κ3) is 7.52. The van der Waals surface area contributed by atoms with E-state index in [-0.39, 0.29) is 23.8 Å². The van der Waals surface area contributed by atoms with E-state index in [0.29, 0.717) is 24.6 Å². The van der Waals surface area contributed by atoms with Crippen LogP contribution in [0.2, 0.25) is 0 Å². The van der Waals surface area contributed by atoms with Crippen molar-refractivity contribution in [2.24, 2.45) is 5.92 Å². The van der Waals surface area contributed by atoms with E-state index in [2.05, 4.69) is 41.5 Å². The van der Waals surface area contributed by atoms with Crippen LogP contribution in [-0.2, 0) is 22.5 Å². The van der Waals surface area contributed by atoms with Crippen LogP contribution < -0.4 is 5.32 Å². The van der Waals surface area contributed by atoms with Crippen LogP contribution in [0.4, 0.5) is 8.78 Å². The standard InChI is InChI=1S/C32H35F2N3O3/c1-3-7-23(18-31(38)40-4-2)9-5-8-22-12-14-24(15-13-22)25-16-17-30-36-29(21-37(30)20-25)32(39)35-19-26-27(33)10-6-11-28(26)34/h6,10-17,20-21,23H,3-5,7-9,18-19H2,1-2H3,(H,35,39). The maximum Gasteiger partial charge on any atom is 0.306 e. The second-order valence-corrected chi connectivity index (χ2v) is 9.95. The van der Waals surface area contributed by atoms with Gasteiger partial charge in [-0.25, -0.2) is 13.8 Å². The highest BCUT2D eigenvalue weighted by molar-refractivity contribution is 5.92. The van der Waals surface area contributed by atoms with Crippen LogP contribution in [0, 0.1) is 17.6 Å². The lowest BCUT2D eigenvalue weighted by Crippen LogP contribution is -2.24. The molecule has 0 radical (unpaired) electrons. The summed E-state index contributed by atoms with van der Waals surface area (Å²) in [5.74, 6) is -1.68. The molecule has 8 heteroatoms. The van der Waals surface area contributed by atoms with Crippen LogP contribution in [0.15, 0.2) is 67.0 Å². The summed E-state index contributed by atoms with van der Waals surface area (Å²) >= 11 is 0. The van der Waals surface area contributed by atoms with Gasteiger partial charge in [-0.05, 0) is 73.1 Å². The van der Waals surface area contributed by atoms with E-state index in [0.717, 1.165) is 55.4 Å². The van der Waals surface area contributed by atoms with E-state index < -0.39 is 17.5 Å². The summed E-state index contributed by atoms with van der Waals surface area (Å²) in [5, 5.41) is 2.54. The Kier molecular flexibility index (Phi) is 10.00. The average Bonchev–Trinajstić information content (AvgIpc) is 3.37. The zero-order valence-electron chi connectivity index (χ0n) is 23.0. The lowest BCUT2D eigenvalue weighted by Gasteiger charge is -2.15. The first-order valence-corrected chi connectivity index (χ1v) is 13.8. The Balaban J connectivity index is 1.35. The largest absolute Gasteiger partial charge is 0.466 e. The highest BCUT2D eigenvalue weighted by Crippen LogP contribution is 2.23. The molecule has 2 aromatic carbocycles. The van der Waals surface area contributed by atoms with Crippen LogP contribution in [0.1, 0.15) is 67.6 Å². The number of carbonyl (C=O) groups is 2. The number of fused-ring (bicyclic) bond motifs is 1. The summed E-state index contributed by atoms with van der Waals surface area (Å²) < 4.78 is 34.6. The van der Waals surface area contributed by atoms with Crippen molar-refractivity contribution in [1.29, 1.82) is 0 Å². The summed E-state index contributed by atoms with van der Waals surface area (Å²) in [6.07, 6.45) is 9.03. The molecule has 1 amide bonds. The van der Waals surface area contributed by atoms with Crippen LogP contribution >= 0.6 is 0 Å². The molecule has 0 bridgehead atoms. The number of aryl methyl sites for hydroxylation is 1. The Morgan fingerprint density at radius 3 is 2.38 bits per heavy atom.